The number of amides is 1. The molecule has 0 N–H and O–H groups in total. The molecule has 1 amide bonds. The van der Waals surface area contributed by atoms with E-state index in [1.165, 1.54) is 12.8 Å². The first kappa shape index (κ1) is 12.5. The molecule has 2 rings (SSSR count). The van der Waals surface area contributed by atoms with Gasteiger partial charge < -0.3 is 9.64 Å². The van der Waals surface area contributed by atoms with Crippen LogP contribution in [0.5, 0.6) is 0 Å². The second-order valence-corrected chi connectivity index (χ2v) is 4.14. The highest BCUT2D eigenvalue weighted by molar-refractivity contribution is 5.73. The lowest BCUT2D eigenvalue weighted by molar-refractivity contribution is -0.133. The quantitative estimate of drug-likeness (QED) is 0.617. The number of hydrogen-bond donors (Lipinski definition) is 0. The molecule has 88 valence electrons. The number of nitrogens with zero attached hydrogens (tertiary/aromatic N) is 1. The van der Waals surface area contributed by atoms with Gasteiger partial charge in [-0.25, -0.2) is 0 Å². The van der Waals surface area contributed by atoms with Gasteiger partial charge in [0.25, 0.3) is 0 Å². The van der Waals surface area contributed by atoms with E-state index < -0.39 is 0 Å². The van der Waals surface area contributed by atoms with E-state index in [2.05, 4.69) is 0 Å². The number of likely N-dealkylation sites (tertiary alicyclic amines) is 1. The van der Waals surface area contributed by atoms with Crippen molar-refractivity contribution in [2.45, 2.75) is 52.1 Å². The molecule has 0 unspecified atom stereocenters. The zero-order valence-corrected chi connectivity index (χ0v) is 10.2. The molecule has 0 aromatic carbocycles. The Hall–Kier alpha value is -0.570. The largest absolute Gasteiger partial charge is 0.375 e. The standard InChI is InChI=1S/C10H17NO2.C2H6/c1-9(12)11-6-4-10(5-7-11)3-2-8-13-10;1-2/h2-8H2,1H3;1-2H3. The summed E-state index contributed by atoms with van der Waals surface area (Å²) in [6.45, 7) is 8.33. The molecule has 3 heteroatoms. The molecule has 0 aliphatic carbocycles. The molecule has 0 atom stereocenters. The predicted molar refractivity (Wildman–Crippen MR) is 60.8 cm³/mol. The summed E-state index contributed by atoms with van der Waals surface area (Å²) >= 11 is 0. The Bertz CT molecular complexity index is 200. The molecule has 0 bridgehead atoms. The smallest absolute Gasteiger partial charge is 0.219 e. The molecule has 2 aliphatic heterocycles. The summed E-state index contributed by atoms with van der Waals surface area (Å²) in [6, 6.07) is 0. The van der Waals surface area contributed by atoms with Crippen LogP contribution in [-0.4, -0.2) is 36.1 Å². The Kier molecular flexibility index (Phi) is 4.58. The van der Waals surface area contributed by atoms with Crippen LogP contribution in [0.1, 0.15) is 46.5 Å². The Balaban J connectivity index is 0.000000531. The van der Waals surface area contributed by atoms with E-state index in [1.807, 2.05) is 18.7 Å². The van der Waals surface area contributed by atoms with Crippen LogP contribution in [0.25, 0.3) is 0 Å². The number of piperidine rings is 1. The Morgan fingerprint density at radius 3 is 2.20 bits per heavy atom. The number of ether oxygens (including phenoxy) is 1. The number of carbonyl (C=O) groups is 1. The second kappa shape index (κ2) is 5.50. The first-order valence-corrected chi connectivity index (χ1v) is 6.11. The van der Waals surface area contributed by atoms with Crippen molar-refractivity contribution >= 4 is 5.91 Å². The summed E-state index contributed by atoms with van der Waals surface area (Å²) in [5.41, 5.74) is 0.145. The fourth-order valence-corrected chi connectivity index (χ4v) is 2.38. The summed E-state index contributed by atoms with van der Waals surface area (Å²) < 4.78 is 5.77. The zero-order chi connectivity index (χ0) is 11.3. The highest BCUT2D eigenvalue weighted by Crippen LogP contribution is 2.35. The first-order valence-electron chi connectivity index (χ1n) is 6.11. The fraction of sp³-hybridized carbons (Fsp3) is 0.917. The van der Waals surface area contributed by atoms with Gasteiger partial charge in [-0.1, -0.05) is 13.8 Å². The van der Waals surface area contributed by atoms with Crippen molar-refractivity contribution in [3.63, 3.8) is 0 Å². The summed E-state index contributed by atoms with van der Waals surface area (Å²) in [4.78, 5) is 13.0. The van der Waals surface area contributed by atoms with Gasteiger partial charge in [-0.15, -0.1) is 0 Å². The predicted octanol–water partition coefficient (Wildman–Crippen LogP) is 2.20. The van der Waals surface area contributed by atoms with Crippen LogP contribution < -0.4 is 0 Å². The molecule has 0 aromatic rings. The molecule has 2 fully saturated rings. The number of rotatable bonds is 0. The molecule has 3 nitrogen and oxygen atoms in total. The van der Waals surface area contributed by atoms with Crippen molar-refractivity contribution in [1.29, 1.82) is 0 Å². The van der Waals surface area contributed by atoms with E-state index in [1.54, 1.807) is 6.92 Å². The van der Waals surface area contributed by atoms with E-state index in [4.69, 9.17) is 4.74 Å². The van der Waals surface area contributed by atoms with Crippen molar-refractivity contribution in [1.82, 2.24) is 4.90 Å². The molecule has 2 heterocycles. The molecule has 0 saturated carbocycles. The van der Waals surface area contributed by atoms with Crippen LogP contribution >= 0.6 is 0 Å². The van der Waals surface area contributed by atoms with Crippen molar-refractivity contribution in [3.8, 4) is 0 Å². The van der Waals surface area contributed by atoms with Crippen LogP contribution in [-0.2, 0) is 9.53 Å². The molecular weight excluding hydrogens is 190 g/mol. The Morgan fingerprint density at radius 1 is 1.20 bits per heavy atom. The number of hydrogen-bond acceptors (Lipinski definition) is 2. The maximum atomic E-state index is 11.1. The maximum absolute atomic E-state index is 11.1. The highest BCUT2D eigenvalue weighted by atomic mass is 16.5. The Labute approximate surface area is 92.8 Å². The number of carbonyl (C=O) groups excluding carboxylic acids is 1. The minimum atomic E-state index is 0.145. The normalized spacial score (nSPS) is 23.5. The fourth-order valence-electron chi connectivity index (χ4n) is 2.38. The third-order valence-electron chi connectivity index (χ3n) is 3.30. The third-order valence-corrected chi connectivity index (χ3v) is 3.30. The van der Waals surface area contributed by atoms with Gasteiger partial charge in [-0.2, -0.15) is 0 Å². The monoisotopic (exact) mass is 213 g/mol. The van der Waals surface area contributed by atoms with Crippen molar-refractivity contribution in [2.75, 3.05) is 19.7 Å². The summed E-state index contributed by atoms with van der Waals surface area (Å²) in [6.07, 6.45) is 4.46. The van der Waals surface area contributed by atoms with Gasteiger partial charge in [-0.3, -0.25) is 4.79 Å². The molecule has 0 aromatic heterocycles. The summed E-state index contributed by atoms with van der Waals surface area (Å²) in [5.74, 6) is 0.202. The van der Waals surface area contributed by atoms with Gasteiger partial charge in [0.15, 0.2) is 0 Å². The molecule has 0 radical (unpaired) electrons. The van der Waals surface area contributed by atoms with Gasteiger partial charge in [0.05, 0.1) is 5.60 Å². The summed E-state index contributed by atoms with van der Waals surface area (Å²) in [5, 5.41) is 0. The van der Waals surface area contributed by atoms with Crippen molar-refractivity contribution < 1.29 is 9.53 Å². The molecule has 15 heavy (non-hydrogen) atoms. The van der Waals surface area contributed by atoms with Crippen molar-refractivity contribution in [2.24, 2.45) is 0 Å². The molecule has 2 saturated heterocycles. The van der Waals surface area contributed by atoms with Crippen LogP contribution in [0.3, 0.4) is 0 Å². The van der Waals surface area contributed by atoms with Gasteiger partial charge in [-0.05, 0) is 25.7 Å². The lowest BCUT2D eigenvalue weighted by Crippen LogP contribution is -2.45. The minimum Gasteiger partial charge on any atom is -0.375 e. The average molecular weight is 213 g/mol. The second-order valence-electron chi connectivity index (χ2n) is 4.14. The first-order chi connectivity index (χ1) is 7.22. The van der Waals surface area contributed by atoms with Crippen LogP contribution in [0, 0.1) is 0 Å². The topological polar surface area (TPSA) is 29.5 Å². The van der Waals surface area contributed by atoms with E-state index in [0.29, 0.717) is 0 Å². The van der Waals surface area contributed by atoms with E-state index in [-0.39, 0.29) is 11.5 Å². The van der Waals surface area contributed by atoms with Gasteiger partial charge in [0, 0.05) is 26.6 Å². The van der Waals surface area contributed by atoms with Gasteiger partial charge in [0.1, 0.15) is 0 Å². The van der Waals surface area contributed by atoms with Gasteiger partial charge in [0.2, 0.25) is 5.91 Å². The van der Waals surface area contributed by atoms with E-state index in [9.17, 15) is 4.79 Å². The highest BCUT2D eigenvalue weighted by Gasteiger charge is 2.38. The van der Waals surface area contributed by atoms with Crippen LogP contribution in [0.15, 0.2) is 0 Å². The molecule has 2 aliphatic rings. The molecular formula is C12H23NO2. The van der Waals surface area contributed by atoms with Crippen LogP contribution in [0.2, 0.25) is 0 Å². The Morgan fingerprint density at radius 2 is 1.80 bits per heavy atom. The SMILES string of the molecule is CC.CC(=O)N1CCC2(CCCO2)CC1. The van der Waals surface area contributed by atoms with Crippen molar-refractivity contribution in [3.05, 3.63) is 0 Å². The lowest BCUT2D eigenvalue weighted by atomic mass is 9.89. The van der Waals surface area contributed by atoms with Crippen LogP contribution in [0.4, 0.5) is 0 Å². The zero-order valence-electron chi connectivity index (χ0n) is 10.2. The maximum Gasteiger partial charge on any atom is 0.219 e. The minimum absolute atomic E-state index is 0.145. The third kappa shape index (κ3) is 2.94. The lowest BCUT2D eigenvalue weighted by Gasteiger charge is -2.38. The molecule has 1 spiro atoms. The van der Waals surface area contributed by atoms with Gasteiger partial charge >= 0.3 is 0 Å². The van der Waals surface area contributed by atoms with E-state index in [0.717, 1.165) is 32.5 Å². The average Bonchev–Trinajstić information content (AvgIpc) is 2.70. The van der Waals surface area contributed by atoms with E-state index >= 15 is 0 Å². The summed E-state index contributed by atoms with van der Waals surface area (Å²) in [7, 11) is 0.